The van der Waals surface area contributed by atoms with Gasteiger partial charge in [0.1, 0.15) is 13.0 Å². The van der Waals surface area contributed by atoms with E-state index >= 15 is 0 Å². The van der Waals surface area contributed by atoms with Crippen molar-refractivity contribution in [1.29, 1.82) is 0 Å². The van der Waals surface area contributed by atoms with Crippen LogP contribution in [0.1, 0.15) is 17.5 Å². The number of halogens is 2. The average Bonchev–Trinajstić information content (AvgIpc) is 2.52. The first-order valence-electron chi connectivity index (χ1n) is 7.70. The highest BCUT2D eigenvalue weighted by Crippen LogP contribution is 2.36. The summed E-state index contributed by atoms with van der Waals surface area (Å²) in [5.41, 5.74) is 3.30. The molecule has 1 amide bonds. The second-order valence-electron chi connectivity index (χ2n) is 5.63. The fourth-order valence-corrected chi connectivity index (χ4v) is 2.95. The lowest BCUT2D eigenvalue weighted by Gasteiger charge is -2.13. The number of aryl methyl sites for hydroxylation is 1. The Kier molecular flexibility index (Phi) is 6.71. The fraction of sp³-hybridized carbons (Fsp3) is 0.222. The van der Waals surface area contributed by atoms with Gasteiger partial charge in [-0.15, -0.1) is 0 Å². The summed E-state index contributed by atoms with van der Waals surface area (Å²) in [5, 5.41) is 14.5. The highest BCUT2D eigenvalue weighted by Gasteiger charge is 2.13. The van der Waals surface area contributed by atoms with E-state index in [1.165, 1.54) is 12.1 Å². The van der Waals surface area contributed by atoms with E-state index in [0.717, 1.165) is 16.8 Å². The predicted molar refractivity (Wildman–Crippen MR) is 102 cm³/mol. The van der Waals surface area contributed by atoms with Crippen LogP contribution in [0.3, 0.4) is 0 Å². The quantitative estimate of drug-likeness (QED) is 0.605. The molecule has 0 aliphatic carbocycles. The summed E-state index contributed by atoms with van der Waals surface area (Å²) >= 11 is 12.4. The van der Waals surface area contributed by atoms with Crippen LogP contribution in [0.4, 0.5) is 11.4 Å². The van der Waals surface area contributed by atoms with E-state index in [0.29, 0.717) is 5.69 Å². The molecular formula is C18H18Cl2N2O4. The molecule has 0 atom stereocenters. The summed E-state index contributed by atoms with van der Waals surface area (Å²) in [4.78, 5) is 22.1. The zero-order valence-corrected chi connectivity index (χ0v) is 15.7. The predicted octanol–water partition coefficient (Wildman–Crippen LogP) is 4.34. The summed E-state index contributed by atoms with van der Waals surface area (Å²) in [5.74, 6) is -1.60. The molecule has 2 rings (SSSR count). The Hall–Kier alpha value is -2.44. The molecule has 0 aromatic heterocycles. The fourth-order valence-electron chi connectivity index (χ4n) is 2.36. The molecule has 26 heavy (non-hydrogen) atoms. The molecule has 0 unspecified atom stereocenters. The maximum Gasteiger partial charge on any atom is 0.312 e. The number of carbonyl (C=O) groups excluding carboxylic acids is 1. The Morgan fingerprint density at radius 2 is 1.73 bits per heavy atom. The SMILES string of the molecule is CNc1cc(C)cc(COc2c(Cl)cc(NC(=O)CC(=O)O)cc2Cl)c1. The maximum absolute atomic E-state index is 11.5. The summed E-state index contributed by atoms with van der Waals surface area (Å²) in [6.07, 6.45) is -0.644. The minimum atomic E-state index is -1.22. The zero-order valence-electron chi connectivity index (χ0n) is 14.2. The smallest absolute Gasteiger partial charge is 0.312 e. The van der Waals surface area contributed by atoms with Gasteiger partial charge in [-0.3, -0.25) is 9.59 Å². The molecule has 2 aromatic rings. The first kappa shape index (κ1) is 19.9. The Labute approximate surface area is 161 Å². The average molecular weight is 397 g/mol. The Morgan fingerprint density at radius 3 is 2.31 bits per heavy atom. The van der Waals surface area contributed by atoms with Crippen LogP contribution in [0.25, 0.3) is 0 Å². The molecule has 8 heteroatoms. The van der Waals surface area contributed by atoms with E-state index in [4.69, 9.17) is 33.0 Å². The molecule has 3 N–H and O–H groups in total. The number of ether oxygens (including phenoxy) is 1. The van der Waals surface area contributed by atoms with E-state index in [9.17, 15) is 9.59 Å². The largest absolute Gasteiger partial charge is 0.486 e. The number of carboxylic acid groups (broad SMARTS) is 1. The van der Waals surface area contributed by atoms with Gasteiger partial charge in [-0.05, 0) is 42.3 Å². The molecule has 0 bridgehead atoms. The molecule has 6 nitrogen and oxygen atoms in total. The normalized spacial score (nSPS) is 10.3. The highest BCUT2D eigenvalue weighted by molar-refractivity contribution is 6.37. The third-order valence-electron chi connectivity index (χ3n) is 3.40. The van der Waals surface area contributed by atoms with E-state index in [-0.39, 0.29) is 22.4 Å². The van der Waals surface area contributed by atoms with Crippen molar-refractivity contribution in [1.82, 2.24) is 0 Å². The van der Waals surface area contributed by atoms with Crippen molar-refractivity contribution >= 4 is 46.5 Å². The van der Waals surface area contributed by atoms with Crippen molar-refractivity contribution < 1.29 is 19.4 Å². The summed E-state index contributed by atoms with van der Waals surface area (Å²) in [6.45, 7) is 2.25. The van der Waals surface area contributed by atoms with Crippen LogP contribution in [-0.2, 0) is 16.2 Å². The number of aliphatic carboxylic acids is 1. The molecular weight excluding hydrogens is 379 g/mol. The topological polar surface area (TPSA) is 87.7 Å². The first-order chi connectivity index (χ1) is 12.3. The lowest BCUT2D eigenvalue weighted by Crippen LogP contribution is -2.15. The van der Waals surface area contributed by atoms with Crippen molar-refractivity contribution in [2.45, 2.75) is 20.0 Å². The van der Waals surface area contributed by atoms with Crippen molar-refractivity contribution in [3.8, 4) is 5.75 Å². The third-order valence-corrected chi connectivity index (χ3v) is 3.96. The lowest BCUT2D eigenvalue weighted by atomic mass is 10.1. The van der Waals surface area contributed by atoms with E-state index in [1.807, 2.05) is 32.2 Å². The summed E-state index contributed by atoms with van der Waals surface area (Å²) in [6, 6.07) is 8.87. The number of hydrogen-bond donors (Lipinski definition) is 3. The standard InChI is InChI=1S/C18H18Cl2N2O4/c1-10-3-11(5-12(4-10)21-2)9-26-18-14(19)6-13(7-15(18)20)22-16(23)8-17(24)25/h3-7,21H,8-9H2,1-2H3,(H,22,23)(H,24,25). The number of benzene rings is 2. The Balaban J connectivity index is 2.12. The molecule has 0 aliphatic heterocycles. The van der Waals surface area contributed by atoms with Gasteiger partial charge in [-0.2, -0.15) is 0 Å². The Bertz CT molecular complexity index is 817. The molecule has 0 saturated carbocycles. The van der Waals surface area contributed by atoms with Gasteiger partial charge in [-0.25, -0.2) is 0 Å². The van der Waals surface area contributed by atoms with Crippen LogP contribution in [-0.4, -0.2) is 24.0 Å². The number of nitrogens with one attached hydrogen (secondary N) is 2. The number of amides is 1. The van der Waals surface area contributed by atoms with Crippen molar-refractivity contribution in [3.05, 3.63) is 51.5 Å². The summed E-state index contributed by atoms with van der Waals surface area (Å²) in [7, 11) is 1.84. The monoisotopic (exact) mass is 396 g/mol. The molecule has 0 heterocycles. The molecule has 0 saturated heterocycles. The van der Waals surface area contributed by atoms with Crippen LogP contribution in [0.5, 0.6) is 5.75 Å². The number of carboxylic acids is 1. The van der Waals surface area contributed by atoms with Crippen LogP contribution < -0.4 is 15.4 Å². The van der Waals surface area contributed by atoms with Gasteiger partial charge >= 0.3 is 5.97 Å². The minimum absolute atomic E-state index is 0.213. The van der Waals surface area contributed by atoms with E-state index < -0.39 is 18.3 Å². The maximum atomic E-state index is 11.5. The second-order valence-corrected chi connectivity index (χ2v) is 6.45. The zero-order chi connectivity index (χ0) is 19.3. The van der Waals surface area contributed by atoms with Gasteiger partial charge < -0.3 is 20.5 Å². The van der Waals surface area contributed by atoms with Gasteiger partial charge in [0.05, 0.1) is 10.0 Å². The van der Waals surface area contributed by atoms with Crippen LogP contribution in [0, 0.1) is 6.92 Å². The molecule has 0 fully saturated rings. The van der Waals surface area contributed by atoms with E-state index in [2.05, 4.69) is 10.6 Å². The van der Waals surface area contributed by atoms with Crippen LogP contribution in [0.2, 0.25) is 10.0 Å². The molecule has 2 aromatic carbocycles. The minimum Gasteiger partial charge on any atom is -0.486 e. The number of hydrogen-bond acceptors (Lipinski definition) is 4. The molecule has 138 valence electrons. The van der Waals surface area contributed by atoms with Gasteiger partial charge in [0.25, 0.3) is 0 Å². The molecule has 0 aliphatic rings. The molecule has 0 radical (unpaired) electrons. The molecule has 0 spiro atoms. The van der Waals surface area contributed by atoms with Crippen LogP contribution in [0.15, 0.2) is 30.3 Å². The number of carbonyl (C=O) groups is 2. The first-order valence-corrected chi connectivity index (χ1v) is 8.46. The Morgan fingerprint density at radius 1 is 1.08 bits per heavy atom. The third kappa shape index (κ3) is 5.54. The van der Waals surface area contributed by atoms with Crippen molar-refractivity contribution in [2.75, 3.05) is 17.7 Å². The van der Waals surface area contributed by atoms with Crippen molar-refractivity contribution in [2.24, 2.45) is 0 Å². The van der Waals surface area contributed by atoms with Gasteiger partial charge in [0, 0.05) is 18.4 Å². The van der Waals surface area contributed by atoms with Crippen molar-refractivity contribution in [3.63, 3.8) is 0 Å². The van der Waals surface area contributed by atoms with Gasteiger partial charge in [-0.1, -0.05) is 29.3 Å². The number of anilines is 2. The number of rotatable bonds is 7. The second kappa shape index (κ2) is 8.78. The van der Waals surface area contributed by atoms with Gasteiger partial charge in [0.15, 0.2) is 5.75 Å². The lowest BCUT2D eigenvalue weighted by molar-refractivity contribution is -0.139. The van der Waals surface area contributed by atoms with E-state index in [1.54, 1.807) is 0 Å². The van der Waals surface area contributed by atoms with Crippen LogP contribution >= 0.6 is 23.2 Å². The highest BCUT2D eigenvalue weighted by atomic mass is 35.5. The van der Waals surface area contributed by atoms with Gasteiger partial charge in [0.2, 0.25) is 5.91 Å². The summed E-state index contributed by atoms with van der Waals surface area (Å²) < 4.78 is 5.73.